The third kappa shape index (κ3) is 2.54. The number of nitrogens with zero attached hydrogens (tertiary/aromatic N) is 1. The minimum absolute atomic E-state index is 0.568. The molecule has 0 aromatic heterocycles. The molecule has 0 fully saturated rings. The largest absolute Gasteiger partial charge is 0.341 e. The van der Waals surface area contributed by atoms with E-state index in [0.29, 0.717) is 6.54 Å². The van der Waals surface area contributed by atoms with E-state index in [1.165, 1.54) is 22.5 Å². The normalized spacial score (nSPS) is 10.4. The second-order valence-electron chi connectivity index (χ2n) is 4.42. The lowest BCUT2D eigenvalue weighted by Gasteiger charge is -2.26. The summed E-state index contributed by atoms with van der Waals surface area (Å²) in [6.07, 6.45) is 0. The van der Waals surface area contributed by atoms with Crippen molar-refractivity contribution < 1.29 is 0 Å². The molecule has 0 heterocycles. The average molecular weight is 240 g/mol. The van der Waals surface area contributed by atoms with Crippen LogP contribution in [0.2, 0.25) is 0 Å². The summed E-state index contributed by atoms with van der Waals surface area (Å²) >= 11 is 0. The van der Waals surface area contributed by atoms with Gasteiger partial charge in [-0.1, -0.05) is 30.3 Å². The van der Waals surface area contributed by atoms with Crippen LogP contribution < -0.4 is 10.6 Å². The Labute approximate surface area is 109 Å². The minimum atomic E-state index is 0.568. The number of para-hydroxylation sites is 1. The van der Waals surface area contributed by atoms with Crippen molar-refractivity contribution >= 4 is 11.4 Å². The number of nitrogens with two attached hydrogens (primary N) is 1. The van der Waals surface area contributed by atoms with Gasteiger partial charge in [0.05, 0.1) is 0 Å². The van der Waals surface area contributed by atoms with Gasteiger partial charge in [0.1, 0.15) is 0 Å². The summed E-state index contributed by atoms with van der Waals surface area (Å²) in [5.74, 6) is 0. The molecule has 0 spiro atoms. The van der Waals surface area contributed by atoms with E-state index in [0.717, 1.165) is 6.54 Å². The van der Waals surface area contributed by atoms with E-state index in [4.69, 9.17) is 5.73 Å². The summed E-state index contributed by atoms with van der Waals surface area (Å²) in [7, 11) is 0. The molecule has 0 saturated carbocycles. The number of hydrogen-bond donors (Lipinski definition) is 1. The molecule has 2 nitrogen and oxygen atoms in total. The van der Waals surface area contributed by atoms with Gasteiger partial charge in [-0.25, -0.2) is 0 Å². The van der Waals surface area contributed by atoms with Crippen LogP contribution in [0.4, 0.5) is 11.4 Å². The summed E-state index contributed by atoms with van der Waals surface area (Å²) in [5.41, 5.74) is 10.7. The minimum Gasteiger partial charge on any atom is -0.341 e. The molecular weight excluding hydrogens is 220 g/mol. The van der Waals surface area contributed by atoms with E-state index >= 15 is 0 Å². The lowest BCUT2D eigenvalue weighted by Crippen LogP contribution is -2.18. The SMILES string of the molecule is CCN(c1cccc(C)c1)c1ccccc1CN. The van der Waals surface area contributed by atoms with Crippen LogP contribution in [-0.2, 0) is 6.54 Å². The number of aryl methyl sites for hydroxylation is 1. The fraction of sp³-hybridized carbons (Fsp3) is 0.250. The molecule has 0 bridgehead atoms. The Hall–Kier alpha value is -1.80. The molecule has 0 atom stereocenters. The van der Waals surface area contributed by atoms with Crippen LogP contribution in [-0.4, -0.2) is 6.54 Å². The second-order valence-corrected chi connectivity index (χ2v) is 4.42. The molecule has 2 rings (SSSR count). The van der Waals surface area contributed by atoms with Gasteiger partial charge < -0.3 is 10.6 Å². The van der Waals surface area contributed by atoms with Crippen molar-refractivity contribution in [1.29, 1.82) is 0 Å². The highest BCUT2D eigenvalue weighted by atomic mass is 15.1. The molecule has 18 heavy (non-hydrogen) atoms. The molecule has 94 valence electrons. The Balaban J connectivity index is 2.45. The van der Waals surface area contributed by atoms with E-state index in [2.05, 4.69) is 61.2 Å². The van der Waals surface area contributed by atoms with E-state index in [9.17, 15) is 0 Å². The van der Waals surface area contributed by atoms with Crippen LogP contribution in [0.1, 0.15) is 18.1 Å². The van der Waals surface area contributed by atoms with Crippen molar-refractivity contribution in [2.75, 3.05) is 11.4 Å². The zero-order valence-corrected chi connectivity index (χ0v) is 11.1. The van der Waals surface area contributed by atoms with Gasteiger partial charge in [-0.15, -0.1) is 0 Å². The fourth-order valence-corrected chi connectivity index (χ4v) is 2.23. The van der Waals surface area contributed by atoms with Gasteiger partial charge in [0, 0.05) is 24.5 Å². The van der Waals surface area contributed by atoms with Gasteiger partial charge in [0.25, 0.3) is 0 Å². The van der Waals surface area contributed by atoms with Gasteiger partial charge in [-0.2, -0.15) is 0 Å². The maximum atomic E-state index is 5.82. The van der Waals surface area contributed by atoms with Crippen molar-refractivity contribution in [3.05, 3.63) is 59.7 Å². The quantitative estimate of drug-likeness (QED) is 0.884. The summed E-state index contributed by atoms with van der Waals surface area (Å²) < 4.78 is 0. The van der Waals surface area contributed by atoms with Gasteiger partial charge in [-0.05, 0) is 43.2 Å². The maximum absolute atomic E-state index is 5.82. The van der Waals surface area contributed by atoms with Gasteiger partial charge in [0.15, 0.2) is 0 Å². The molecule has 0 amide bonds. The van der Waals surface area contributed by atoms with Gasteiger partial charge in [-0.3, -0.25) is 0 Å². The predicted octanol–water partition coefficient (Wildman–Crippen LogP) is 3.61. The van der Waals surface area contributed by atoms with Crippen LogP contribution in [0.5, 0.6) is 0 Å². The molecule has 0 aliphatic heterocycles. The first kappa shape index (κ1) is 12.7. The van der Waals surface area contributed by atoms with Crippen LogP contribution in [0, 0.1) is 6.92 Å². The maximum Gasteiger partial charge on any atom is 0.0456 e. The molecule has 0 aliphatic rings. The third-order valence-electron chi connectivity index (χ3n) is 3.13. The molecule has 0 aliphatic carbocycles. The molecule has 2 N–H and O–H groups in total. The Morgan fingerprint density at radius 1 is 1.06 bits per heavy atom. The smallest absolute Gasteiger partial charge is 0.0456 e. The topological polar surface area (TPSA) is 29.3 Å². The predicted molar refractivity (Wildman–Crippen MR) is 78.2 cm³/mol. The number of rotatable bonds is 4. The lowest BCUT2D eigenvalue weighted by molar-refractivity contribution is 0.982. The molecule has 2 aromatic carbocycles. The first-order valence-corrected chi connectivity index (χ1v) is 6.38. The summed E-state index contributed by atoms with van der Waals surface area (Å²) in [5, 5.41) is 0. The summed E-state index contributed by atoms with van der Waals surface area (Å²) in [4.78, 5) is 2.30. The monoisotopic (exact) mass is 240 g/mol. The van der Waals surface area contributed by atoms with Crippen molar-refractivity contribution in [1.82, 2.24) is 0 Å². The zero-order chi connectivity index (χ0) is 13.0. The molecule has 2 heteroatoms. The van der Waals surface area contributed by atoms with E-state index in [1.54, 1.807) is 0 Å². The first-order chi connectivity index (χ1) is 8.76. The summed E-state index contributed by atoms with van der Waals surface area (Å²) in [6.45, 7) is 5.78. The van der Waals surface area contributed by atoms with E-state index in [-0.39, 0.29) is 0 Å². The lowest BCUT2D eigenvalue weighted by atomic mass is 10.1. The molecule has 0 unspecified atom stereocenters. The van der Waals surface area contributed by atoms with Crippen molar-refractivity contribution in [2.24, 2.45) is 5.73 Å². The fourth-order valence-electron chi connectivity index (χ4n) is 2.23. The zero-order valence-electron chi connectivity index (χ0n) is 11.1. The standard InChI is InChI=1S/C16H20N2/c1-3-18(15-9-6-7-13(2)11-15)16-10-5-4-8-14(16)12-17/h4-11H,3,12,17H2,1-2H3. The average Bonchev–Trinajstić information content (AvgIpc) is 2.40. The highest BCUT2D eigenvalue weighted by molar-refractivity contribution is 5.66. The molecule has 0 radical (unpaired) electrons. The van der Waals surface area contributed by atoms with Gasteiger partial charge in [0.2, 0.25) is 0 Å². The Morgan fingerprint density at radius 2 is 1.83 bits per heavy atom. The van der Waals surface area contributed by atoms with Crippen LogP contribution in [0.15, 0.2) is 48.5 Å². The molecule has 2 aromatic rings. The number of hydrogen-bond acceptors (Lipinski definition) is 2. The Kier molecular flexibility index (Phi) is 4.00. The van der Waals surface area contributed by atoms with E-state index in [1.807, 2.05) is 6.07 Å². The second kappa shape index (κ2) is 5.69. The van der Waals surface area contributed by atoms with Crippen molar-refractivity contribution in [3.8, 4) is 0 Å². The number of anilines is 2. The third-order valence-corrected chi connectivity index (χ3v) is 3.13. The van der Waals surface area contributed by atoms with Crippen molar-refractivity contribution in [2.45, 2.75) is 20.4 Å². The summed E-state index contributed by atoms with van der Waals surface area (Å²) in [6, 6.07) is 16.9. The van der Waals surface area contributed by atoms with Crippen molar-refractivity contribution in [3.63, 3.8) is 0 Å². The van der Waals surface area contributed by atoms with Crippen LogP contribution in [0.3, 0.4) is 0 Å². The highest BCUT2D eigenvalue weighted by Gasteiger charge is 2.10. The van der Waals surface area contributed by atoms with Crippen LogP contribution >= 0.6 is 0 Å². The highest BCUT2D eigenvalue weighted by Crippen LogP contribution is 2.28. The molecular formula is C16H20N2. The first-order valence-electron chi connectivity index (χ1n) is 6.38. The Bertz CT molecular complexity index is 520. The number of benzene rings is 2. The molecule has 0 saturated heterocycles. The van der Waals surface area contributed by atoms with Gasteiger partial charge >= 0.3 is 0 Å². The van der Waals surface area contributed by atoms with Crippen LogP contribution in [0.25, 0.3) is 0 Å². The Morgan fingerprint density at radius 3 is 2.50 bits per heavy atom. The van der Waals surface area contributed by atoms with E-state index < -0.39 is 0 Å².